The standard InChI is InChI=1S/C10H16N2OS/c11-4-2-1-3-5-12-7-9(8-14)6-10(12)13/h9,14H,1-3,5-8H2. The lowest BCUT2D eigenvalue weighted by Gasteiger charge is -2.15. The van der Waals surface area contributed by atoms with Gasteiger partial charge in [-0.25, -0.2) is 0 Å². The van der Waals surface area contributed by atoms with E-state index in [9.17, 15) is 4.79 Å². The molecule has 1 atom stereocenters. The zero-order valence-electron chi connectivity index (χ0n) is 8.28. The van der Waals surface area contributed by atoms with Crippen LogP contribution in [0.5, 0.6) is 0 Å². The van der Waals surface area contributed by atoms with Crippen molar-refractivity contribution in [3.05, 3.63) is 0 Å². The topological polar surface area (TPSA) is 44.1 Å². The van der Waals surface area contributed by atoms with Crippen molar-refractivity contribution in [1.82, 2.24) is 4.90 Å². The van der Waals surface area contributed by atoms with E-state index in [0.717, 1.165) is 31.7 Å². The molecule has 14 heavy (non-hydrogen) atoms. The number of hydrogen-bond donors (Lipinski definition) is 1. The van der Waals surface area contributed by atoms with Gasteiger partial charge in [0.15, 0.2) is 0 Å². The highest BCUT2D eigenvalue weighted by atomic mass is 32.1. The number of amides is 1. The number of likely N-dealkylation sites (tertiary alicyclic amines) is 1. The number of carbonyl (C=O) groups is 1. The second-order valence-corrected chi connectivity index (χ2v) is 4.07. The fourth-order valence-electron chi connectivity index (χ4n) is 1.70. The number of hydrogen-bond acceptors (Lipinski definition) is 3. The summed E-state index contributed by atoms with van der Waals surface area (Å²) in [5, 5.41) is 8.35. The van der Waals surface area contributed by atoms with Crippen molar-refractivity contribution in [2.45, 2.75) is 25.7 Å². The van der Waals surface area contributed by atoms with Gasteiger partial charge in [0.2, 0.25) is 5.91 Å². The fraction of sp³-hybridized carbons (Fsp3) is 0.800. The lowest BCUT2D eigenvalue weighted by molar-refractivity contribution is -0.127. The zero-order chi connectivity index (χ0) is 10.4. The highest BCUT2D eigenvalue weighted by Crippen LogP contribution is 2.19. The van der Waals surface area contributed by atoms with Crippen LogP contribution in [0, 0.1) is 17.2 Å². The van der Waals surface area contributed by atoms with Crippen LogP contribution in [-0.2, 0) is 4.79 Å². The van der Waals surface area contributed by atoms with E-state index in [4.69, 9.17) is 5.26 Å². The molecule has 1 heterocycles. The number of nitriles is 1. The zero-order valence-corrected chi connectivity index (χ0v) is 9.17. The molecule has 78 valence electrons. The lowest BCUT2D eigenvalue weighted by atomic mass is 10.1. The first-order valence-electron chi connectivity index (χ1n) is 5.03. The Balaban J connectivity index is 2.19. The number of unbranched alkanes of at least 4 members (excludes halogenated alkanes) is 2. The van der Waals surface area contributed by atoms with Crippen molar-refractivity contribution >= 4 is 18.5 Å². The van der Waals surface area contributed by atoms with E-state index in [2.05, 4.69) is 18.7 Å². The smallest absolute Gasteiger partial charge is 0.222 e. The second-order valence-electron chi connectivity index (χ2n) is 3.71. The van der Waals surface area contributed by atoms with Gasteiger partial charge >= 0.3 is 0 Å². The van der Waals surface area contributed by atoms with Crippen molar-refractivity contribution in [3.63, 3.8) is 0 Å². The van der Waals surface area contributed by atoms with Gasteiger partial charge in [-0.2, -0.15) is 17.9 Å². The quantitative estimate of drug-likeness (QED) is 0.554. The first-order chi connectivity index (χ1) is 6.77. The Hall–Kier alpha value is -0.690. The van der Waals surface area contributed by atoms with Crippen LogP contribution >= 0.6 is 12.6 Å². The summed E-state index contributed by atoms with van der Waals surface area (Å²) in [4.78, 5) is 13.3. The van der Waals surface area contributed by atoms with Crippen molar-refractivity contribution < 1.29 is 4.79 Å². The Kier molecular flexibility index (Phi) is 4.81. The summed E-state index contributed by atoms with van der Waals surface area (Å²) in [5.41, 5.74) is 0. The van der Waals surface area contributed by atoms with Gasteiger partial charge in [-0.3, -0.25) is 4.79 Å². The third-order valence-electron chi connectivity index (χ3n) is 2.52. The maximum absolute atomic E-state index is 11.4. The number of carbonyl (C=O) groups excluding carboxylic acids is 1. The summed E-state index contributed by atoms with van der Waals surface area (Å²) < 4.78 is 0. The minimum Gasteiger partial charge on any atom is -0.342 e. The molecule has 0 aliphatic carbocycles. The third-order valence-corrected chi connectivity index (χ3v) is 3.04. The largest absolute Gasteiger partial charge is 0.342 e. The van der Waals surface area contributed by atoms with Gasteiger partial charge in [-0.05, 0) is 24.5 Å². The van der Waals surface area contributed by atoms with E-state index >= 15 is 0 Å². The molecule has 1 saturated heterocycles. The molecule has 0 bridgehead atoms. The van der Waals surface area contributed by atoms with Crippen LogP contribution in [0.1, 0.15) is 25.7 Å². The molecule has 1 aliphatic rings. The van der Waals surface area contributed by atoms with Gasteiger partial charge in [-0.1, -0.05) is 0 Å². The molecule has 0 aromatic carbocycles. The molecule has 1 unspecified atom stereocenters. The van der Waals surface area contributed by atoms with E-state index in [0.29, 0.717) is 18.8 Å². The van der Waals surface area contributed by atoms with Crippen LogP contribution in [0.25, 0.3) is 0 Å². The maximum Gasteiger partial charge on any atom is 0.222 e. The number of rotatable bonds is 5. The SMILES string of the molecule is N#CCCCCN1CC(CS)CC1=O. The van der Waals surface area contributed by atoms with Gasteiger partial charge in [0.05, 0.1) is 6.07 Å². The van der Waals surface area contributed by atoms with Crippen LogP contribution in [0.15, 0.2) is 0 Å². The van der Waals surface area contributed by atoms with Crippen LogP contribution in [0.4, 0.5) is 0 Å². The Morgan fingerprint density at radius 3 is 2.93 bits per heavy atom. The Bertz CT molecular complexity index is 237. The molecule has 0 N–H and O–H groups in total. The van der Waals surface area contributed by atoms with Crippen molar-refractivity contribution in [2.75, 3.05) is 18.8 Å². The Morgan fingerprint density at radius 2 is 2.36 bits per heavy atom. The van der Waals surface area contributed by atoms with Crippen LogP contribution in [-0.4, -0.2) is 29.6 Å². The molecule has 1 aliphatic heterocycles. The highest BCUT2D eigenvalue weighted by molar-refractivity contribution is 7.80. The summed E-state index contributed by atoms with van der Waals surface area (Å²) in [7, 11) is 0. The fourth-order valence-corrected chi connectivity index (χ4v) is 1.94. The molecule has 0 radical (unpaired) electrons. The van der Waals surface area contributed by atoms with Gasteiger partial charge in [0.25, 0.3) is 0 Å². The van der Waals surface area contributed by atoms with Gasteiger partial charge in [0.1, 0.15) is 0 Å². The van der Waals surface area contributed by atoms with E-state index in [1.54, 1.807) is 0 Å². The molecule has 4 heteroatoms. The molecule has 0 saturated carbocycles. The second kappa shape index (κ2) is 5.92. The van der Waals surface area contributed by atoms with Crippen LogP contribution in [0.3, 0.4) is 0 Å². The van der Waals surface area contributed by atoms with E-state index in [-0.39, 0.29) is 5.91 Å². The van der Waals surface area contributed by atoms with Gasteiger partial charge < -0.3 is 4.90 Å². The van der Waals surface area contributed by atoms with Crippen molar-refractivity contribution in [3.8, 4) is 6.07 Å². The highest BCUT2D eigenvalue weighted by Gasteiger charge is 2.27. The monoisotopic (exact) mass is 212 g/mol. The van der Waals surface area contributed by atoms with Crippen molar-refractivity contribution in [1.29, 1.82) is 5.26 Å². The molecular formula is C10H16N2OS. The Labute approximate surface area is 90.5 Å². The van der Waals surface area contributed by atoms with E-state index in [1.165, 1.54) is 0 Å². The van der Waals surface area contributed by atoms with Crippen molar-refractivity contribution in [2.24, 2.45) is 5.92 Å². The molecule has 0 spiro atoms. The molecule has 1 rings (SSSR count). The van der Waals surface area contributed by atoms with Gasteiger partial charge in [0, 0.05) is 25.9 Å². The summed E-state index contributed by atoms with van der Waals surface area (Å²) in [6.07, 6.45) is 3.09. The maximum atomic E-state index is 11.4. The molecular weight excluding hydrogens is 196 g/mol. The normalized spacial score (nSPS) is 21.3. The van der Waals surface area contributed by atoms with Crippen LogP contribution in [0.2, 0.25) is 0 Å². The molecule has 0 aromatic rings. The minimum absolute atomic E-state index is 0.251. The van der Waals surface area contributed by atoms with E-state index in [1.807, 2.05) is 4.90 Å². The molecule has 0 aromatic heterocycles. The number of thiol groups is 1. The lowest BCUT2D eigenvalue weighted by Crippen LogP contribution is -2.26. The summed E-state index contributed by atoms with van der Waals surface area (Å²) in [5.74, 6) is 1.48. The summed E-state index contributed by atoms with van der Waals surface area (Å²) in [6, 6.07) is 2.11. The van der Waals surface area contributed by atoms with Crippen LogP contribution < -0.4 is 0 Å². The number of nitrogens with zero attached hydrogens (tertiary/aromatic N) is 2. The summed E-state index contributed by atoms with van der Waals surface area (Å²) in [6.45, 7) is 1.67. The molecule has 3 nitrogen and oxygen atoms in total. The minimum atomic E-state index is 0.251. The van der Waals surface area contributed by atoms with Gasteiger partial charge in [-0.15, -0.1) is 0 Å². The first kappa shape index (κ1) is 11.4. The van der Waals surface area contributed by atoms with E-state index < -0.39 is 0 Å². The summed E-state index contributed by atoms with van der Waals surface area (Å²) >= 11 is 4.20. The average Bonchev–Trinajstić information content (AvgIpc) is 2.54. The predicted octanol–water partition coefficient (Wildman–Crippen LogP) is 1.46. The molecule has 1 amide bonds. The Morgan fingerprint density at radius 1 is 1.57 bits per heavy atom. The third kappa shape index (κ3) is 3.22. The average molecular weight is 212 g/mol. The first-order valence-corrected chi connectivity index (χ1v) is 5.66. The predicted molar refractivity (Wildman–Crippen MR) is 58.0 cm³/mol. The molecule has 1 fully saturated rings.